The van der Waals surface area contributed by atoms with Gasteiger partial charge in [0.1, 0.15) is 0 Å². The predicted molar refractivity (Wildman–Crippen MR) is 83.1 cm³/mol. The summed E-state index contributed by atoms with van der Waals surface area (Å²) in [5.74, 6) is 0. The normalized spacial score (nSPS) is 21.5. The van der Waals surface area contributed by atoms with E-state index in [4.69, 9.17) is 0 Å². The van der Waals surface area contributed by atoms with Crippen LogP contribution >= 0.6 is 0 Å². The van der Waals surface area contributed by atoms with E-state index in [2.05, 4.69) is 54.2 Å². The van der Waals surface area contributed by atoms with Gasteiger partial charge in [0.05, 0.1) is 6.04 Å². The second kappa shape index (κ2) is 6.40. The van der Waals surface area contributed by atoms with Crippen molar-refractivity contribution < 1.29 is 0 Å². The Hall–Kier alpha value is -1.06. The van der Waals surface area contributed by atoms with E-state index in [1.54, 1.807) is 0 Å². The summed E-state index contributed by atoms with van der Waals surface area (Å²) >= 11 is 0. The minimum atomic E-state index is 0.555. The Morgan fingerprint density at radius 3 is 2.74 bits per heavy atom. The topological polar surface area (TPSA) is 18.5 Å². The van der Waals surface area contributed by atoms with E-state index in [-0.39, 0.29) is 0 Å². The molecular formula is C16H27N3. The average Bonchev–Trinajstić information content (AvgIpc) is 2.52. The van der Waals surface area contributed by atoms with Gasteiger partial charge in [-0.2, -0.15) is 0 Å². The third kappa shape index (κ3) is 3.48. The Kier molecular flexibility index (Phi) is 4.83. The zero-order chi connectivity index (χ0) is 13.8. The Morgan fingerprint density at radius 2 is 2.05 bits per heavy atom. The van der Waals surface area contributed by atoms with Gasteiger partial charge in [-0.1, -0.05) is 17.7 Å². The van der Waals surface area contributed by atoms with Crippen molar-refractivity contribution in [1.82, 2.24) is 10.2 Å². The first-order valence-electron chi connectivity index (χ1n) is 7.29. The standard InChI is InChI=1S/C16H27N3/c1-13-6-7-16(14(2)10-13)19-9-5-8-18(4)12-15(19)11-17-3/h6-7,10,15,17H,5,8-9,11-12H2,1-4H3. The summed E-state index contributed by atoms with van der Waals surface area (Å²) in [6.07, 6.45) is 1.24. The zero-order valence-electron chi connectivity index (χ0n) is 12.7. The highest BCUT2D eigenvalue weighted by atomic mass is 15.2. The number of likely N-dealkylation sites (N-methyl/N-ethyl adjacent to an activating group) is 2. The molecular weight excluding hydrogens is 234 g/mol. The second-order valence-corrected chi connectivity index (χ2v) is 5.81. The molecule has 0 radical (unpaired) electrons. The average molecular weight is 261 g/mol. The van der Waals surface area contributed by atoms with Crippen molar-refractivity contribution in [3.63, 3.8) is 0 Å². The SMILES string of the molecule is CNCC1CN(C)CCCN1c1ccc(C)cc1C. The Balaban J connectivity index is 2.27. The van der Waals surface area contributed by atoms with Crippen molar-refractivity contribution in [2.75, 3.05) is 45.2 Å². The molecule has 1 heterocycles. The highest BCUT2D eigenvalue weighted by molar-refractivity contribution is 5.55. The molecule has 1 N–H and O–H groups in total. The number of hydrogen-bond donors (Lipinski definition) is 1. The molecule has 0 bridgehead atoms. The number of nitrogens with one attached hydrogen (secondary N) is 1. The van der Waals surface area contributed by atoms with Gasteiger partial charge in [-0.25, -0.2) is 0 Å². The third-order valence-electron chi connectivity index (χ3n) is 4.00. The molecule has 1 atom stereocenters. The van der Waals surface area contributed by atoms with Crippen LogP contribution in [0.1, 0.15) is 17.5 Å². The van der Waals surface area contributed by atoms with Gasteiger partial charge in [0, 0.05) is 25.3 Å². The van der Waals surface area contributed by atoms with Gasteiger partial charge in [0.15, 0.2) is 0 Å². The fraction of sp³-hybridized carbons (Fsp3) is 0.625. The first-order valence-corrected chi connectivity index (χ1v) is 7.29. The van der Waals surface area contributed by atoms with Crippen LogP contribution in [0.15, 0.2) is 18.2 Å². The van der Waals surface area contributed by atoms with Crippen molar-refractivity contribution >= 4 is 5.69 Å². The van der Waals surface area contributed by atoms with Gasteiger partial charge in [0.25, 0.3) is 0 Å². The fourth-order valence-corrected chi connectivity index (χ4v) is 3.10. The molecule has 1 aromatic carbocycles. The number of aryl methyl sites for hydroxylation is 2. The molecule has 0 aliphatic carbocycles. The molecule has 0 aromatic heterocycles. The molecule has 1 aromatic rings. The minimum absolute atomic E-state index is 0.555. The lowest BCUT2D eigenvalue weighted by Crippen LogP contribution is -2.46. The van der Waals surface area contributed by atoms with E-state index in [1.807, 2.05) is 7.05 Å². The highest BCUT2D eigenvalue weighted by Gasteiger charge is 2.23. The van der Waals surface area contributed by atoms with Gasteiger partial charge in [0.2, 0.25) is 0 Å². The summed E-state index contributed by atoms with van der Waals surface area (Å²) < 4.78 is 0. The van der Waals surface area contributed by atoms with E-state index in [0.717, 1.165) is 19.6 Å². The van der Waals surface area contributed by atoms with Gasteiger partial charge in [-0.15, -0.1) is 0 Å². The van der Waals surface area contributed by atoms with Crippen LogP contribution in [0.3, 0.4) is 0 Å². The molecule has 3 heteroatoms. The molecule has 3 nitrogen and oxygen atoms in total. The summed E-state index contributed by atoms with van der Waals surface area (Å²) in [5.41, 5.74) is 4.14. The maximum atomic E-state index is 3.35. The summed E-state index contributed by atoms with van der Waals surface area (Å²) in [4.78, 5) is 5.04. The van der Waals surface area contributed by atoms with Crippen LogP contribution in [0.5, 0.6) is 0 Å². The molecule has 1 saturated heterocycles. The van der Waals surface area contributed by atoms with Gasteiger partial charge < -0.3 is 15.1 Å². The maximum absolute atomic E-state index is 3.35. The molecule has 106 valence electrons. The van der Waals surface area contributed by atoms with Crippen molar-refractivity contribution in [3.05, 3.63) is 29.3 Å². The Morgan fingerprint density at radius 1 is 1.26 bits per heavy atom. The number of hydrogen-bond acceptors (Lipinski definition) is 3. The molecule has 1 aliphatic rings. The van der Waals surface area contributed by atoms with Crippen LogP contribution in [0, 0.1) is 13.8 Å². The van der Waals surface area contributed by atoms with Crippen LogP contribution in [0.25, 0.3) is 0 Å². The molecule has 1 fully saturated rings. The van der Waals surface area contributed by atoms with Crippen molar-refractivity contribution in [1.29, 1.82) is 0 Å². The number of nitrogens with zero attached hydrogens (tertiary/aromatic N) is 2. The zero-order valence-corrected chi connectivity index (χ0v) is 12.7. The number of rotatable bonds is 3. The van der Waals surface area contributed by atoms with Gasteiger partial charge >= 0.3 is 0 Å². The lowest BCUT2D eigenvalue weighted by molar-refractivity contribution is 0.328. The molecule has 1 unspecified atom stereocenters. The smallest absolute Gasteiger partial charge is 0.0541 e. The molecule has 2 rings (SSSR count). The van der Waals surface area contributed by atoms with Crippen LogP contribution in [0.4, 0.5) is 5.69 Å². The first kappa shape index (κ1) is 14.4. The first-order chi connectivity index (χ1) is 9.11. The van der Waals surface area contributed by atoms with Crippen LogP contribution < -0.4 is 10.2 Å². The minimum Gasteiger partial charge on any atom is -0.366 e. The summed E-state index contributed by atoms with van der Waals surface area (Å²) in [7, 11) is 4.28. The van der Waals surface area contributed by atoms with E-state index in [0.29, 0.717) is 6.04 Å². The fourth-order valence-electron chi connectivity index (χ4n) is 3.10. The molecule has 19 heavy (non-hydrogen) atoms. The molecule has 0 saturated carbocycles. The van der Waals surface area contributed by atoms with E-state index >= 15 is 0 Å². The van der Waals surface area contributed by atoms with Crippen molar-refractivity contribution in [2.45, 2.75) is 26.3 Å². The predicted octanol–water partition coefficient (Wildman–Crippen LogP) is 2.03. The van der Waals surface area contributed by atoms with Gasteiger partial charge in [-0.3, -0.25) is 0 Å². The van der Waals surface area contributed by atoms with Gasteiger partial charge in [-0.05, 0) is 52.5 Å². The second-order valence-electron chi connectivity index (χ2n) is 5.81. The number of benzene rings is 1. The summed E-state index contributed by atoms with van der Waals surface area (Å²) in [6.45, 7) is 8.92. The van der Waals surface area contributed by atoms with Crippen LogP contribution in [-0.4, -0.2) is 51.2 Å². The maximum Gasteiger partial charge on any atom is 0.0541 e. The molecule has 0 spiro atoms. The van der Waals surface area contributed by atoms with E-state index < -0.39 is 0 Å². The quantitative estimate of drug-likeness (QED) is 0.898. The Bertz CT molecular complexity index is 416. The van der Waals surface area contributed by atoms with Crippen LogP contribution in [-0.2, 0) is 0 Å². The molecule has 0 amide bonds. The van der Waals surface area contributed by atoms with E-state index in [1.165, 1.54) is 29.8 Å². The van der Waals surface area contributed by atoms with Crippen LogP contribution in [0.2, 0.25) is 0 Å². The lowest BCUT2D eigenvalue weighted by Gasteiger charge is -2.34. The van der Waals surface area contributed by atoms with Crippen molar-refractivity contribution in [2.24, 2.45) is 0 Å². The van der Waals surface area contributed by atoms with E-state index in [9.17, 15) is 0 Å². The molecule has 1 aliphatic heterocycles. The lowest BCUT2D eigenvalue weighted by atomic mass is 10.1. The number of anilines is 1. The monoisotopic (exact) mass is 261 g/mol. The summed E-state index contributed by atoms with van der Waals surface area (Å²) in [5, 5.41) is 3.35. The Labute approximate surface area is 117 Å². The third-order valence-corrected chi connectivity index (χ3v) is 4.00. The largest absolute Gasteiger partial charge is 0.366 e. The highest BCUT2D eigenvalue weighted by Crippen LogP contribution is 2.25. The summed E-state index contributed by atoms with van der Waals surface area (Å²) in [6, 6.07) is 7.37. The van der Waals surface area contributed by atoms with Crippen molar-refractivity contribution in [3.8, 4) is 0 Å².